The molecule has 3 aliphatic heterocycles. The molecule has 14 heteroatoms. The van der Waals surface area contributed by atoms with Gasteiger partial charge in [-0.1, -0.05) is 36.4 Å². The van der Waals surface area contributed by atoms with E-state index < -0.39 is 68.7 Å². The average molecular weight is 606 g/mol. The van der Waals surface area contributed by atoms with Crippen molar-refractivity contribution in [2.75, 3.05) is 25.2 Å². The molecular formula is C28H29F2N3O8S. The number of Topliss-reactive ketones (excluding diaryl/α,β-unsaturated/α-hetero) is 1. The van der Waals surface area contributed by atoms with Crippen LogP contribution in [0.2, 0.25) is 0 Å². The molecule has 0 bridgehead atoms. The summed E-state index contributed by atoms with van der Waals surface area (Å²) in [7, 11) is -3.34. The highest BCUT2D eigenvalue weighted by Crippen LogP contribution is 2.37. The van der Waals surface area contributed by atoms with Gasteiger partial charge in [0.2, 0.25) is 5.78 Å². The number of hydrogen-bond acceptors (Lipinski definition) is 9. The molecule has 2 fully saturated rings. The zero-order valence-electron chi connectivity index (χ0n) is 22.5. The first-order valence-electron chi connectivity index (χ1n) is 13.1. The van der Waals surface area contributed by atoms with Crippen molar-refractivity contribution in [3.63, 3.8) is 0 Å². The Hall–Kier alpha value is -3.72. The second kappa shape index (κ2) is 11.5. The van der Waals surface area contributed by atoms with Gasteiger partial charge in [0, 0.05) is 30.6 Å². The number of sulfone groups is 1. The van der Waals surface area contributed by atoms with Crippen LogP contribution in [-0.2, 0) is 46.8 Å². The predicted octanol–water partition coefficient (Wildman–Crippen LogP) is 0.625. The number of hydrogen-bond donors (Lipinski definition) is 2. The molecule has 3 heterocycles. The van der Waals surface area contributed by atoms with Gasteiger partial charge in [-0.25, -0.2) is 17.2 Å². The first-order valence-corrected chi connectivity index (χ1v) is 15.2. The van der Waals surface area contributed by atoms with Crippen LogP contribution in [0.3, 0.4) is 0 Å². The summed E-state index contributed by atoms with van der Waals surface area (Å²) in [5, 5.41) is 14.2. The van der Waals surface area contributed by atoms with E-state index in [2.05, 4.69) is 5.32 Å². The number of fused-ring (bicyclic) bond motifs is 2. The van der Waals surface area contributed by atoms with Gasteiger partial charge in [-0.05, 0) is 18.1 Å². The van der Waals surface area contributed by atoms with Crippen molar-refractivity contribution in [2.45, 2.75) is 43.7 Å². The SMILES string of the molecule is CS(=O)(=O)CC[C@H]1CO[C@@H]2CN3C=C(C(=O)NCc4ccc(F)cc4F)C(=O)C(O)(OCc4ccccc4)C3C(=O)N12. The number of nitrogens with one attached hydrogen (secondary N) is 1. The number of rotatable bonds is 9. The van der Waals surface area contributed by atoms with E-state index >= 15 is 0 Å². The van der Waals surface area contributed by atoms with Crippen molar-refractivity contribution in [3.8, 4) is 0 Å². The fourth-order valence-electron chi connectivity index (χ4n) is 5.29. The van der Waals surface area contributed by atoms with Gasteiger partial charge in [-0.15, -0.1) is 0 Å². The van der Waals surface area contributed by atoms with E-state index in [1.807, 2.05) is 0 Å². The average Bonchev–Trinajstić information content (AvgIpc) is 3.35. The minimum atomic E-state index is -3.34. The lowest BCUT2D eigenvalue weighted by Gasteiger charge is -2.50. The number of amides is 2. The van der Waals surface area contributed by atoms with Crippen molar-refractivity contribution in [1.29, 1.82) is 0 Å². The van der Waals surface area contributed by atoms with Crippen LogP contribution in [0.4, 0.5) is 8.78 Å². The number of benzene rings is 2. The van der Waals surface area contributed by atoms with E-state index in [9.17, 15) is 36.7 Å². The summed E-state index contributed by atoms with van der Waals surface area (Å²) in [6, 6.07) is 9.17. The molecule has 4 atom stereocenters. The molecule has 2 aromatic rings. The molecule has 0 aliphatic carbocycles. The molecule has 224 valence electrons. The summed E-state index contributed by atoms with van der Waals surface area (Å²) in [6.45, 7) is -0.681. The molecule has 0 aromatic heterocycles. The number of carbonyl (C=O) groups is 3. The lowest BCUT2D eigenvalue weighted by molar-refractivity contribution is -0.243. The number of aliphatic hydroxyl groups is 1. The van der Waals surface area contributed by atoms with Crippen molar-refractivity contribution in [3.05, 3.63) is 83.1 Å². The summed E-state index contributed by atoms with van der Waals surface area (Å²) in [5.74, 6) is -7.59. The molecular weight excluding hydrogens is 576 g/mol. The first-order chi connectivity index (χ1) is 19.9. The number of carbonyl (C=O) groups excluding carboxylic acids is 3. The fourth-order valence-corrected chi connectivity index (χ4v) is 5.99. The number of nitrogens with zero attached hydrogens (tertiary/aromatic N) is 2. The van der Waals surface area contributed by atoms with E-state index in [-0.39, 0.29) is 44.0 Å². The van der Waals surface area contributed by atoms with Crippen molar-refractivity contribution >= 4 is 27.4 Å². The van der Waals surface area contributed by atoms with E-state index in [1.165, 1.54) is 9.80 Å². The molecule has 2 unspecified atom stereocenters. The summed E-state index contributed by atoms with van der Waals surface area (Å²) in [5.41, 5.74) is -0.00292. The topological polar surface area (TPSA) is 143 Å². The third-order valence-electron chi connectivity index (χ3n) is 7.43. The standard InChI is InChI=1S/C28H29F2N3O8S/c1-42(38,39)10-9-20-16-40-23-14-32-13-21(26(35)31-12-18-7-8-19(29)11-22(18)30)25(34)28(37,24(32)27(36)33(20)23)41-15-17-5-3-2-4-6-17/h2-8,11,13,20,23-24,37H,9-10,12,14-16H2,1H3,(H,31,35)/t20-,23+,24?,28?/m0/s1. The van der Waals surface area contributed by atoms with Crippen LogP contribution in [0.5, 0.6) is 0 Å². The molecule has 5 rings (SSSR count). The summed E-state index contributed by atoms with van der Waals surface area (Å²) in [6.07, 6.45) is 1.47. The van der Waals surface area contributed by atoms with Gasteiger partial charge in [0.1, 0.15) is 33.3 Å². The molecule has 2 amide bonds. The largest absolute Gasteiger partial charge is 0.357 e. The zero-order chi connectivity index (χ0) is 30.2. The van der Waals surface area contributed by atoms with Crippen LogP contribution in [-0.4, -0.2) is 90.2 Å². The van der Waals surface area contributed by atoms with E-state index in [1.54, 1.807) is 30.3 Å². The highest BCUT2D eigenvalue weighted by atomic mass is 32.2. The van der Waals surface area contributed by atoms with E-state index in [0.29, 0.717) is 11.6 Å². The van der Waals surface area contributed by atoms with E-state index in [0.717, 1.165) is 24.6 Å². The first kappa shape index (κ1) is 29.8. The van der Waals surface area contributed by atoms with Gasteiger partial charge >= 0.3 is 0 Å². The Balaban J connectivity index is 1.44. The summed E-state index contributed by atoms with van der Waals surface area (Å²) < 4.78 is 62.4. The number of halogens is 2. The second-order valence-corrected chi connectivity index (χ2v) is 12.7. The molecule has 42 heavy (non-hydrogen) atoms. The van der Waals surface area contributed by atoms with Gasteiger partial charge in [0.15, 0.2) is 6.04 Å². The Morgan fingerprint density at radius 2 is 1.93 bits per heavy atom. The third kappa shape index (κ3) is 5.93. The van der Waals surface area contributed by atoms with Crippen LogP contribution >= 0.6 is 0 Å². The summed E-state index contributed by atoms with van der Waals surface area (Å²) >= 11 is 0. The molecule has 2 saturated heterocycles. The quantitative estimate of drug-likeness (QED) is 0.311. The fraction of sp³-hybridized carbons (Fsp3) is 0.393. The maximum atomic E-state index is 14.1. The Bertz CT molecular complexity index is 1540. The van der Waals surface area contributed by atoms with Gasteiger partial charge in [-0.2, -0.15) is 0 Å². The number of ether oxygens (including phenoxy) is 2. The normalized spacial score (nSPS) is 25.6. The summed E-state index contributed by atoms with van der Waals surface area (Å²) in [4.78, 5) is 43.4. The van der Waals surface area contributed by atoms with Crippen molar-refractivity contribution < 1.29 is 46.2 Å². The molecule has 11 nitrogen and oxygen atoms in total. The van der Waals surface area contributed by atoms with Gasteiger partial charge < -0.3 is 29.7 Å². The van der Waals surface area contributed by atoms with Crippen molar-refractivity contribution in [1.82, 2.24) is 15.1 Å². The highest BCUT2D eigenvalue weighted by molar-refractivity contribution is 7.90. The molecule has 3 aliphatic rings. The minimum absolute atomic E-state index is 0.0367. The Morgan fingerprint density at radius 3 is 2.62 bits per heavy atom. The highest BCUT2D eigenvalue weighted by Gasteiger charge is 2.62. The number of ketones is 1. The maximum Gasteiger partial charge on any atom is 0.262 e. The lowest BCUT2D eigenvalue weighted by Crippen LogP contribution is -2.72. The maximum absolute atomic E-state index is 14.1. The molecule has 0 saturated carbocycles. The van der Waals surface area contributed by atoms with Crippen LogP contribution in [0.25, 0.3) is 0 Å². The van der Waals surface area contributed by atoms with Gasteiger partial charge in [0.25, 0.3) is 17.6 Å². The Labute approximate surface area is 240 Å². The van der Waals surface area contributed by atoms with Crippen LogP contribution in [0.1, 0.15) is 17.5 Å². The molecule has 2 aromatic carbocycles. The van der Waals surface area contributed by atoms with Crippen LogP contribution < -0.4 is 5.32 Å². The third-order valence-corrected chi connectivity index (χ3v) is 8.41. The molecule has 2 N–H and O–H groups in total. The molecule has 0 spiro atoms. The monoisotopic (exact) mass is 605 g/mol. The zero-order valence-corrected chi connectivity index (χ0v) is 23.4. The minimum Gasteiger partial charge on any atom is -0.357 e. The lowest BCUT2D eigenvalue weighted by atomic mass is 9.88. The molecule has 0 radical (unpaired) electrons. The van der Waals surface area contributed by atoms with Gasteiger partial charge in [0.05, 0.1) is 31.6 Å². The van der Waals surface area contributed by atoms with Crippen LogP contribution in [0.15, 0.2) is 60.3 Å². The van der Waals surface area contributed by atoms with Crippen LogP contribution in [0, 0.1) is 11.6 Å². The number of piperazine rings is 1. The van der Waals surface area contributed by atoms with E-state index in [4.69, 9.17) is 9.47 Å². The Morgan fingerprint density at radius 1 is 1.19 bits per heavy atom. The second-order valence-electron chi connectivity index (χ2n) is 10.5. The van der Waals surface area contributed by atoms with Crippen molar-refractivity contribution in [2.24, 2.45) is 0 Å². The Kier molecular flexibility index (Phi) is 8.16. The van der Waals surface area contributed by atoms with Gasteiger partial charge in [-0.3, -0.25) is 14.4 Å². The smallest absolute Gasteiger partial charge is 0.262 e. The predicted molar refractivity (Wildman–Crippen MR) is 143 cm³/mol.